The number of halogens is 1. The van der Waals surface area contributed by atoms with Crippen LogP contribution in [0.15, 0.2) is 54.6 Å². The summed E-state index contributed by atoms with van der Waals surface area (Å²) in [6, 6.07) is 16.9. The van der Waals surface area contributed by atoms with Crippen molar-refractivity contribution in [3.63, 3.8) is 0 Å². The Morgan fingerprint density at radius 3 is 2.39 bits per heavy atom. The maximum atomic E-state index is 12.9. The van der Waals surface area contributed by atoms with Gasteiger partial charge in [0.25, 0.3) is 11.8 Å². The lowest BCUT2D eigenvalue weighted by molar-refractivity contribution is -0.139. The molecule has 2 aliphatic rings. The fourth-order valence-electron chi connectivity index (χ4n) is 4.21. The normalized spacial score (nSPS) is 21.3. The van der Waals surface area contributed by atoms with E-state index in [9.17, 15) is 14.4 Å². The minimum absolute atomic E-state index is 0.105. The Morgan fingerprint density at radius 2 is 1.70 bits per heavy atom. The maximum Gasteiger partial charge on any atom is 0.344 e. The predicted octanol–water partition coefficient (Wildman–Crippen LogP) is 2.44. The highest BCUT2D eigenvalue weighted by Crippen LogP contribution is 2.26. The summed E-state index contributed by atoms with van der Waals surface area (Å²) >= 11 is 6.29. The summed E-state index contributed by atoms with van der Waals surface area (Å²) in [6.07, 6.45) is 1.08. The summed E-state index contributed by atoms with van der Waals surface area (Å²) in [5.74, 6) is -0.836. The van der Waals surface area contributed by atoms with Crippen LogP contribution in [0.2, 0.25) is 5.02 Å². The average molecular weight is 470 g/mol. The van der Waals surface area contributed by atoms with Gasteiger partial charge < -0.3 is 10.2 Å². The fourth-order valence-corrected chi connectivity index (χ4v) is 4.47. The first kappa shape index (κ1) is 23.1. The third-order valence-corrected chi connectivity index (χ3v) is 6.51. The maximum absolute atomic E-state index is 12.9. The summed E-state index contributed by atoms with van der Waals surface area (Å²) in [7, 11) is 0. The van der Waals surface area contributed by atoms with Crippen LogP contribution in [0.3, 0.4) is 0 Å². The van der Waals surface area contributed by atoms with Gasteiger partial charge in [0.15, 0.2) is 0 Å². The van der Waals surface area contributed by atoms with Crippen LogP contribution in [-0.2, 0) is 16.0 Å². The van der Waals surface area contributed by atoms with Gasteiger partial charge >= 0.3 is 6.03 Å². The summed E-state index contributed by atoms with van der Waals surface area (Å²) in [4.78, 5) is 42.1. The summed E-state index contributed by atoms with van der Waals surface area (Å²) in [5, 5.41) is 4.25. The SMILES string of the molecule is CC1(CCc2ccccc2)NC(=O)N(NC(=O)CN2CCN(c3ccccc3Cl)CC2)C1=O. The van der Waals surface area contributed by atoms with Crippen LogP contribution < -0.4 is 15.6 Å². The molecule has 9 heteroatoms. The Bertz CT molecular complexity index is 1030. The van der Waals surface area contributed by atoms with Crippen molar-refractivity contribution >= 4 is 35.1 Å². The third-order valence-electron chi connectivity index (χ3n) is 6.19. The lowest BCUT2D eigenvalue weighted by Gasteiger charge is -2.36. The van der Waals surface area contributed by atoms with Crippen LogP contribution in [0.5, 0.6) is 0 Å². The number of carbonyl (C=O) groups excluding carboxylic acids is 3. The number of piperazine rings is 1. The van der Waals surface area contributed by atoms with E-state index in [1.165, 1.54) is 0 Å². The predicted molar refractivity (Wildman–Crippen MR) is 127 cm³/mol. The Labute approximate surface area is 198 Å². The van der Waals surface area contributed by atoms with E-state index in [2.05, 4.69) is 15.6 Å². The molecule has 0 spiro atoms. The number of anilines is 1. The molecule has 2 N–H and O–H groups in total. The van der Waals surface area contributed by atoms with Gasteiger partial charge in [0, 0.05) is 26.2 Å². The summed E-state index contributed by atoms with van der Waals surface area (Å²) in [6.45, 7) is 4.61. The fraction of sp³-hybridized carbons (Fsp3) is 0.375. The number of hydrogen-bond acceptors (Lipinski definition) is 5. The van der Waals surface area contributed by atoms with Crippen molar-refractivity contribution in [2.75, 3.05) is 37.6 Å². The quantitative estimate of drug-likeness (QED) is 0.608. The van der Waals surface area contributed by atoms with Gasteiger partial charge in [0.2, 0.25) is 0 Å². The van der Waals surface area contributed by atoms with Crippen molar-refractivity contribution < 1.29 is 14.4 Å². The molecule has 174 valence electrons. The number of benzene rings is 2. The van der Waals surface area contributed by atoms with Crippen LogP contribution in [0.25, 0.3) is 0 Å². The van der Waals surface area contributed by atoms with Crippen molar-refractivity contribution in [3.8, 4) is 0 Å². The van der Waals surface area contributed by atoms with Gasteiger partial charge in [-0.1, -0.05) is 54.1 Å². The Morgan fingerprint density at radius 1 is 1.03 bits per heavy atom. The third kappa shape index (κ3) is 5.29. The topological polar surface area (TPSA) is 85.0 Å². The second-order valence-electron chi connectivity index (χ2n) is 8.64. The van der Waals surface area contributed by atoms with Crippen molar-refractivity contribution in [1.82, 2.24) is 20.7 Å². The Kier molecular flexibility index (Phi) is 6.85. The zero-order valence-electron chi connectivity index (χ0n) is 18.6. The van der Waals surface area contributed by atoms with Gasteiger partial charge in [-0.2, -0.15) is 5.01 Å². The number of amides is 4. The molecule has 2 heterocycles. The molecule has 4 amide bonds. The number of nitrogens with one attached hydrogen (secondary N) is 2. The molecule has 2 saturated heterocycles. The van der Waals surface area contributed by atoms with E-state index >= 15 is 0 Å². The molecule has 33 heavy (non-hydrogen) atoms. The first-order valence-corrected chi connectivity index (χ1v) is 11.5. The average Bonchev–Trinajstić information content (AvgIpc) is 3.02. The van der Waals surface area contributed by atoms with E-state index in [4.69, 9.17) is 11.6 Å². The number of aryl methyl sites for hydroxylation is 1. The van der Waals surface area contributed by atoms with Gasteiger partial charge in [0.05, 0.1) is 17.3 Å². The number of urea groups is 1. The van der Waals surface area contributed by atoms with Gasteiger partial charge in [-0.25, -0.2) is 4.79 Å². The molecule has 0 aliphatic carbocycles. The van der Waals surface area contributed by atoms with E-state index in [1.807, 2.05) is 59.5 Å². The van der Waals surface area contributed by atoms with Crippen molar-refractivity contribution in [3.05, 3.63) is 65.2 Å². The molecule has 2 aromatic carbocycles. The number of para-hydroxylation sites is 1. The molecule has 0 saturated carbocycles. The van der Waals surface area contributed by atoms with Gasteiger partial charge in [-0.05, 0) is 37.5 Å². The largest absolute Gasteiger partial charge is 0.368 e. The van der Waals surface area contributed by atoms with Crippen LogP contribution in [-0.4, -0.2) is 66.0 Å². The summed E-state index contributed by atoms with van der Waals surface area (Å²) < 4.78 is 0. The van der Waals surface area contributed by atoms with Gasteiger partial charge in [0.1, 0.15) is 5.54 Å². The lowest BCUT2D eigenvalue weighted by Crippen LogP contribution is -2.54. The van der Waals surface area contributed by atoms with Crippen LogP contribution >= 0.6 is 11.6 Å². The molecule has 8 nitrogen and oxygen atoms in total. The minimum atomic E-state index is -1.05. The highest BCUT2D eigenvalue weighted by Gasteiger charge is 2.48. The van der Waals surface area contributed by atoms with Crippen molar-refractivity contribution in [2.24, 2.45) is 0 Å². The van der Waals surface area contributed by atoms with E-state index in [0.29, 0.717) is 31.0 Å². The minimum Gasteiger partial charge on any atom is -0.368 e. The number of rotatable bonds is 7. The molecule has 2 fully saturated rings. The van der Waals surface area contributed by atoms with E-state index in [-0.39, 0.29) is 6.54 Å². The first-order valence-electron chi connectivity index (χ1n) is 11.1. The van der Waals surface area contributed by atoms with E-state index in [0.717, 1.165) is 29.3 Å². The highest BCUT2D eigenvalue weighted by atomic mass is 35.5. The second-order valence-corrected chi connectivity index (χ2v) is 9.05. The molecule has 0 aromatic heterocycles. The monoisotopic (exact) mass is 469 g/mol. The highest BCUT2D eigenvalue weighted by molar-refractivity contribution is 6.33. The van der Waals surface area contributed by atoms with Crippen LogP contribution in [0, 0.1) is 0 Å². The molecule has 1 atom stereocenters. The Hall–Kier alpha value is -3.10. The molecule has 0 radical (unpaired) electrons. The molecule has 0 bridgehead atoms. The molecule has 2 aromatic rings. The second kappa shape index (κ2) is 9.80. The number of imide groups is 1. The molecule has 1 unspecified atom stereocenters. The van der Waals surface area contributed by atoms with E-state index in [1.54, 1.807) is 6.92 Å². The van der Waals surface area contributed by atoms with Crippen molar-refractivity contribution in [2.45, 2.75) is 25.3 Å². The van der Waals surface area contributed by atoms with Gasteiger partial charge in [-0.15, -0.1) is 0 Å². The molecular formula is C24H28ClN5O3. The number of carbonyl (C=O) groups is 3. The number of hydrogen-bond donors (Lipinski definition) is 2. The standard InChI is InChI=1S/C24H28ClN5O3/c1-24(12-11-18-7-3-2-4-8-18)22(32)30(23(33)26-24)27-21(31)17-28-13-15-29(16-14-28)20-10-6-5-9-19(20)25/h2-10H,11-17H2,1H3,(H,26,33)(H,27,31). The van der Waals surface area contributed by atoms with Crippen LogP contribution in [0.4, 0.5) is 10.5 Å². The molecule has 4 rings (SSSR count). The van der Waals surface area contributed by atoms with Gasteiger partial charge in [-0.3, -0.25) is 19.9 Å². The van der Waals surface area contributed by atoms with E-state index < -0.39 is 23.4 Å². The zero-order valence-corrected chi connectivity index (χ0v) is 19.3. The molecule has 2 aliphatic heterocycles. The number of hydrazine groups is 1. The molecular weight excluding hydrogens is 442 g/mol. The summed E-state index contributed by atoms with van der Waals surface area (Å²) in [5.41, 5.74) is 3.50. The smallest absolute Gasteiger partial charge is 0.344 e. The lowest BCUT2D eigenvalue weighted by atomic mass is 9.93. The Balaban J connectivity index is 1.27. The van der Waals surface area contributed by atoms with Crippen molar-refractivity contribution in [1.29, 1.82) is 0 Å². The first-order chi connectivity index (χ1) is 15.9. The number of nitrogens with zero attached hydrogens (tertiary/aromatic N) is 3. The zero-order chi connectivity index (χ0) is 23.4. The van der Waals surface area contributed by atoms with Crippen LogP contribution in [0.1, 0.15) is 18.9 Å².